The quantitative estimate of drug-likeness (QED) is 0.316. The summed E-state index contributed by atoms with van der Waals surface area (Å²) in [5, 5.41) is 4.04. The molecule has 1 amide bonds. The summed E-state index contributed by atoms with van der Waals surface area (Å²) >= 11 is 1.75. The molecular formula is C29H34ClN5O3S2. The number of nitrogens with zero attached hydrogens (tertiary/aromatic N) is 4. The Balaban J connectivity index is 0.00000370. The molecule has 8 nitrogen and oxygen atoms in total. The van der Waals surface area contributed by atoms with Gasteiger partial charge in [-0.1, -0.05) is 35.6 Å². The number of carbonyl (C=O) groups excluding carboxylic acids is 1. The topological polar surface area (TPSA) is 85.8 Å². The number of rotatable bonds is 8. The molecule has 212 valence electrons. The van der Waals surface area contributed by atoms with Crippen molar-refractivity contribution in [2.45, 2.75) is 18.7 Å². The summed E-state index contributed by atoms with van der Waals surface area (Å²) in [6.07, 6.45) is 0. The lowest BCUT2D eigenvalue weighted by molar-refractivity contribution is 0.0947. The van der Waals surface area contributed by atoms with Gasteiger partial charge in [0.1, 0.15) is 0 Å². The predicted molar refractivity (Wildman–Crippen MR) is 166 cm³/mol. The van der Waals surface area contributed by atoms with E-state index in [0.29, 0.717) is 17.8 Å². The molecule has 1 saturated heterocycles. The van der Waals surface area contributed by atoms with Crippen molar-refractivity contribution < 1.29 is 13.2 Å². The van der Waals surface area contributed by atoms with Crippen LogP contribution in [-0.4, -0.2) is 70.5 Å². The number of para-hydroxylation sites is 1. The van der Waals surface area contributed by atoms with Crippen LogP contribution >= 0.6 is 23.7 Å². The second kappa shape index (κ2) is 12.6. The highest BCUT2D eigenvalue weighted by atomic mass is 35.5. The fourth-order valence-corrected chi connectivity index (χ4v) is 6.93. The summed E-state index contributed by atoms with van der Waals surface area (Å²) in [5.74, 6) is -0.214. The lowest BCUT2D eigenvalue weighted by Crippen LogP contribution is -2.48. The SMILES string of the molecule is Cc1ccc2sc(N3CCN(CCNC(=O)c4ccc(S(=O)(=O)N(C)c5ccccc5)cc4)CC3)nc2c1C.Cl. The first-order valence-corrected chi connectivity index (χ1v) is 15.3. The fraction of sp³-hybridized carbons (Fsp3) is 0.310. The van der Waals surface area contributed by atoms with Crippen molar-refractivity contribution >= 4 is 60.7 Å². The molecule has 1 fully saturated rings. The van der Waals surface area contributed by atoms with Gasteiger partial charge >= 0.3 is 0 Å². The summed E-state index contributed by atoms with van der Waals surface area (Å²) in [7, 11) is -2.20. The van der Waals surface area contributed by atoms with Crippen molar-refractivity contribution in [3.63, 3.8) is 0 Å². The number of thiazole rings is 1. The van der Waals surface area contributed by atoms with Crippen LogP contribution in [0.1, 0.15) is 21.5 Å². The highest BCUT2D eigenvalue weighted by Crippen LogP contribution is 2.32. The van der Waals surface area contributed by atoms with Crippen LogP contribution in [0.3, 0.4) is 0 Å². The number of hydrogen-bond acceptors (Lipinski definition) is 7. The number of halogens is 1. The Kier molecular flexibility index (Phi) is 9.35. The van der Waals surface area contributed by atoms with E-state index in [4.69, 9.17) is 4.98 Å². The van der Waals surface area contributed by atoms with Crippen LogP contribution in [0.15, 0.2) is 71.6 Å². The van der Waals surface area contributed by atoms with Gasteiger partial charge in [0.05, 0.1) is 20.8 Å². The van der Waals surface area contributed by atoms with Gasteiger partial charge < -0.3 is 10.2 Å². The molecule has 0 radical (unpaired) electrons. The van der Waals surface area contributed by atoms with E-state index in [1.165, 1.54) is 39.3 Å². The lowest BCUT2D eigenvalue weighted by atomic mass is 10.1. The molecule has 40 heavy (non-hydrogen) atoms. The molecule has 0 saturated carbocycles. The second-order valence-corrected chi connectivity index (χ2v) is 12.7. The van der Waals surface area contributed by atoms with E-state index in [1.54, 1.807) is 47.7 Å². The monoisotopic (exact) mass is 599 g/mol. The number of aryl methyl sites for hydroxylation is 2. The number of aromatic nitrogens is 1. The Hall–Kier alpha value is -3.18. The molecule has 0 atom stereocenters. The largest absolute Gasteiger partial charge is 0.351 e. The minimum atomic E-state index is -3.72. The summed E-state index contributed by atoms with van der Waals surface area (Å²) in [6.45, 7) is 9.15. The third-order valence-electron chi connectivity index (χ3n) is 7.32. The summed E-state index contributed by atoms with van der Waals surface area (Å²) in [6, 6.07) is 19.3. The van der Waals surface area contributed by atoms with Gasteiger partial charge in [0.25, 0.3) is 15.9 Å². The van der Waals surface area contributed by atoms with Crippen molar-refractivity contribution in [3.8, 4) is 0 Å². The zero-order chi connectivity index (χ0) is 27.6. The first-order valence-electron chi connectivity index (χ1n) is 13.0. The Morgan fingerprint density at radius 1 is 0.975 bits per heavy atom. The highest BCUT2D eigenvalue weighted by molar-refractivity contribution is 7.92. The first-order chi connectivity index (χ1) is 18.7. The minimum Gasteiger partial charge on any atom is -0.351 e. The molecule has 1 aromatic heterocycles. The van der Waals surface area contributed by atoms with Crippen LogP contribution in [0.25, 0.3) is 10.2 Å². The number of nitrogens with one attached hydrogen (secondary N) is 1. The van der Waals surface area contributed by atoms with E-state index >= 15 is 0 Å². The van der Waals surface area contributed by atoms with Gasteiger partial charge in [-0.25, -0.2) is 13.4 Å². The molecule has 5 rings (SSSR count). The summed E-state index contributed by atoms with van der Waals surface area (Å²) in [5.41, 5.74) is 4.63. The zero-order valence-corrected chi connectivity index (χ0v) is 25.3. The summed E-state index contributed by atoms with van der Waals surface area (Å²) < 4.78 is 28.4. The van der Waals surface area contributed by atoms with Crippen LogP contribution in [-0.2, 0) is 10.0 Å². The van der Waals surface area contributed by atoms with Crippen LogP contribution in [0.4, 0.5) is 10.8 Å². The maximum absolute atomic E-state index is 13.0. The molecule has 1 aliphatic heterocycles. The number of fused-ring (bicyclic) bond motifs is 1. The van der Waals surface area contributed by atoms with Gasteiger partial charge in [0.2, 0.25) is 0 Å². The number of anilines is 2. The second-order valence-electron chi connectivity index (χ2n) is 9.77. The van der Waals surface area contributed by atoms with E-state index in [0.717, 1.165) is 43.4 Å². The van der Waals surface area contributed by atoms with Gasteiger partial charge in [-0.05, 0) is 67.4 Å². The van der Waals surface area contributed by atoms with Gasteiger partial charge in [-0.15, -0.1) is 12.4 Å². The molecule has 0 spiro atoms. The zero-order valence-electron chi connectivity index (χ0n) is 22.8. The average molecular weight is 600 g/mol. The van der Waals surface area contributed by atoms with Crippen molar-refractivity contribution in [2.75, 3.05) is 55.5 Å². The number of sulfonamides is 1. The Morgan fingerprint density at radius 3 is 2.33 bits per heavy atom. The normalized spacial score (nSPS) is 14.1. The molecular weight excluding hydrogens is 566 g/mol. The molecule has 1 N–H and O–H groups in total. The maximum Gasteiger partial charge on any atom is 0.264 e. The van der Waals surface area contributed by atoms with Crippen molar-refractivity contribution in [1.82, 2.24) is 15.2 Å². The molecule has 1 aliphatic rings. The molecule has 3 aromatic carbocycles. The first kappa shape index (κ1) is 29.8. The smallest absolute Gasteiger partial charge is 0.264 e. The third kappa shape index (κ3) is 6.25. The molecule has 2 heterocycles. The lowest BCUT2D eigenvalue weighted by Gasteiger charge is -2.34. The van der Waals surface area contributed by atoms with Gasteiger partial charge in [-0.2, -0.15) is 0 Å². The Bertz CT molecular complexity index is 1570. The Morgan fingerprint density at radius 2 is 1.65 bits per heavy atom. The summed E-state index contributed by atoms with van der Waals surface area (Å²) in [4.78, 5) is 22.4. The van der Waals surface area contributed by atoms with E-state index < -0.39 is 10.0 Å². The van der Waals surface area contributed by atoms with E-state index in [9.17, 15) is 13.2 Å². The van der Waals surface area contributed by atoms with Crippen LogP contribution in [0, 0.1) is 13.8 Å². The molecule has 11 heteroatoms. The van der Waals surface area contributed by atoms with E-state index in [-0.39, 0.29) is 23.2 Å². The molecule has 0 unspecified atom stereocenters. The van der Waals surface area contributed by atoms with Crippen molar-refractivity contribution in [3.05, 3.63) is 83.4 Å². The highest BCUT2D eigenvalue weighted by Gasteiger charge is 2.22. The van der Waals surface area contributed by atoms with Gasteiger partial charge in [0, 0.05) is 51.9 Å². The van der Waals surface area contributed by atoms with E-state index in [1.807, 2.05) is 6.07 Å². The maximum atomic E-state index is 13.0. The van der Waals surface area contributed by atoms with Crippen LogP contribution in [0.5, 0.6) is 0 Å². The number of carbonyl (C=O) groups is 1. The number of hydrogen-bond donors (Lipinski definition) is 1. The van der Waals surface area contributed by atoms with Crippen molar-refractivity contribution in [2.24, 2.45) is 0 Å². The standard InChI is InChI=1S/C29H33N5O3S2.ClH/c1-21-9-14-26-27(22(21)2)31-29(38-26)34-19-17-33(18-20-34)16-15-30-28(35)23-10-12-25(13-11-23)39(36,37)32(3)24-7-5-4-6-8-24;/h4-14H,15-20H2,1-3H3,(H,30,35);1H. The predicted octanol–water partition coefficient (Wildman–Crippen LogP) is 4.71. The van der Waals surface area contributed by atoms with Crippen LogP contribution in [0.2, 0.25) is 0 Å². The number of amides is 1. The average Bonchev–Trinajstić information content (AvgIpc) is 3.41. The number of benzene rings is 3. The Labute approximate surface area is 246 Å². The van der Waals surface area contributed by atoms with E-state index in [2.05, 4.69) is 41.1 Å². The minimum absolute atomic E-state index is 0. The molecule has 0 aliphatic carbocycles. The van der Waals surface area contributed by atoms with Gasteiger partial charge in [0.15, 0.2) is 5.13 Å². The van der Waals surface area contributed by atoms with Crippen LogP contribution < -0.4 is 14.5 Å². The fourth-order valence-electron chi connectivity index (χ4n) is 4.66. The third-order valence-corrected chi connectivity index (χ3v) is 10.2. The van der Waals surface area contributed by atoms with Gasteiger partial charge in [-0.3, -0.25) is 14.0 Å². The number of piperazine rings is 1. The van der Waals surface area contributed by atoms with Crippen molar-refractivity contribution in [1.29, 1.82) is 0 Å². The molecule has 4 aromatic rings. The molecule has 0 bridgehead atoms.